The molecular formula is C8H6Cl2NO. The van der Waals surface area contributed by atoms with E-state index in [1.807, 2.05) is 0 Å². The lowest BCUT2D eigenvalue weighted by atomic mass is 10.1. The van der Waals surface area contributed by atoms with Gasteiger partial charge in [-0.3, -0.25) is 10.5 Å². The number of carbonyl (C=O) groups is 1. The Labute approximate surface area is 80.3 Å². The van der Waals surface area contributed by atoms with Gasteiger partial charge in [0.2, 0.25) is 4.33 Å². The van der Waals surface area contributed by atoms with Crippen molar-refractivity contribution < 1.29 is 4.79 Å². The summed E-state index contributed by atoms with van der Waals surface area (Å²) in [5, 5.41) is 0. The van der Waals surface area contributed by atoms with Crippen molar-refractivity contribution in [3.8, 4) is 0 Å². The molecule has 0 heterocycles. The highest BCUT2D eigenvalue weighted by molar-refractivity contribution is 6.57. The molecule has 1 aromatic rings. The topological polar surface area (TPSA) is 40.9 Å². The van der Waals surface area contributed by atoms with Crippen molar-refractivity contribution in [3.63, 3.8) is 0 Å². The summed E-state index contributed by atoms with van der Waals surface area (Å²) < 4.78 is -1.73. The van der Waals surface area contributed by atoms with Crippen molar-refractivity contribution in [1.29, 1.82) is 0 Å². The maximum absolute atomic E-state index is 10.7. The number of amides is 1. The molecule has 0 saturated heterocycles. The Morgan fingerprint density at radius 3 is 2.17 bits per heavy atom. The molecule has 0 aliphatic heterocycles. The number of rotatable bonds is 2. The van der Waals surface area contributed by atoms with E-state index in [2.05, 4.69) is 0 Å². The van der Waals surface area contributed by atoms with Crippen LogP contribution in [0.3, 0.4) is 0 Å². The number of halogens is 2. The van der Waals surface area contributed by atoms with E-state index in [1.165, 1.54) is 0 Å². The van der Waals surface area contributed by atoms with Gasteiger partial charge in [-0.05, 0) is 5.56 Å². The molecule has 1 amide bonds. The zero-order valence-electron chi connectivity index (χ0n) is 6.05. The normalized spacial score (nSPS) is 11.2. The molecular weight excluding hydrogens is 197 g/mol. The van der Waals surface area contributed by atoms with Gasteiger partial charge in [-0.2, -0.15) is 0 Å². The first-order valence-electron chi connectivity index (χ1n) is 3.24. The summed E-state index contributed by atoms with van der Waals surface area (Å²) in [5.74, 6) is -1.02. The van der Waals surface area contributed by atoms with E-state index in [1.54, 1.807) is 30.3 Å². The summed E-state index contributed by atoms with van der Waals surface area (Å²) in [5.41, 5.74) is 7.24. The van der Waals surface area contributed by atoms with Crippen molar-refractivity contribution >= 4 is 29.1 Å². The fourth-order valence-corrected chi connectivity index (χ4v) is 1.03. The van der Waals surface area contributed by atoms with Crippen LogP contribution in [-0.2, 0) is 9.13 Å². The molecule has 0 bridgehead atoms. The van der Waals surface area contributed by atoms with Crippen LogP contribution in [0, 0.1) is 0 Å². The monoisotopic (exact) mass is 202 g/mol. The molecule has 4 heteroatoms. The predicted molar refractivity (Wildman–Crippen MR) is 47.9 cm³/mol. The zero-order chi connectivity index (χ0) is 9.19. The first kappa shape index (κ1) is 9.36. The summed E-state index contributed by atoms with van der Waals surface area (Å²) in [4.78, 5) is 10.7. The van der Waals surface area contributed by atoms with Gasteiger partial charge < -0.3 is 0 Å². The second-order valence-corrected chi connectivity index (χ2v) is 3.60. The molecule has 0 unspecified atom stereocenters. The molecule has 2 nitrogen and oxygen atoms in total. The molecule has 63 valence electrons. The molecule has 0 aromatic heterocycles. The van der Waals surface area contributed by atoms with Gasteiger partial charge in [0.15, 0.2) is 0 Å². The van der Waals surface area contributed by atoms with Crippen LogP contribution in [0.25, 0.3) is 0 Å². The van der Waals surface area contributed by atoms with Crippen LogP contribution in [0.4, 0.5) is 0 Å². The van der Waals surface area contributed by atoms with Crippen LogP contribution in [0.15, 0.2) is 30.3 Å². The first-order chi connectivity index (χ1) is 5.55. The average molecular weight is 203 g/mol. The molecule has 1 N–H and O–H groups in total. The molecule has 1 rings (SSSR count). The maximum atomic E-state index is 10.7. The zero-order valence-corrected chi connectivity index (χ0v) is 7.56. The van der Waals surface area contributed by atoms with E-state index in [4.69, 9.17) is 28.9 Å². The van der Waals surface area contributed by atoms with E-state index in [9.17, 15) is 4.79 Å². The second kappa shape index (κ2) is 3.33. The van der Waals surface area contributed by atoms with Gasteiger partial charge in [-0.25, -0.2) is 0 Å². The van der Waals surface area contributed by atoms with Gasteiger partial charge in [-0.15, -0.1) is 0 Å². The van der Waals surface area contributed by atoms with Crippen LogP contribution in [0.2, 0.25) is 0 Å². The molecule has 0 aliphatic rings. The van der Waals surface area contributed by atoms with Gasteiger partial charge >= 0.3 is 0 Å². The Hall–Kier alpha value is -0.730. The maximum Gasteiger partial charge on any atom is 0.279 e. The minimum atomic E-state index is -1.73. The Morgan fingerprint density at radius 2 is 1.75 bits per heavy atom. The standard InChI is InChI=1S/C8H6Cl2NO/c9-8(10,7(11)12)6-4-2-1-3-5-6/h1-5,11H. The average Bonchev–Trinajstić information content (AvgIpc) is 2.06. The number of carbonyl (C=O) groups excluding carboxylic acids is 1. The highest BCUT2D eigenvalue weighted by atomic mass is 35.5. The van der Waals surface area contributed by atoms with E-state index >= 15 is 0 Å². The van der Waals surface area contributed by atoms with Crippen molar-refractivity contribution in [2.45, 2.75) is 4.33 Å². The van der Waals surface area contributed by atoms with Gasteiger partial charge in [0.25, 0.3) is 5.91 Å². The Kier molecular flexibility index (Phi) is 2.60. The SMILES string of the molecule is [NH]C(=O)C(Cl)(Cl)c1ccccc1. The van der Waals surface area contributed by atoms with Crippen LogP contribution in [0.1, 0.15) is 5.56 Å². The summed E-state index contributed by atoms with van der Waals surface area (Å²) in [6.07, 6.45) is 0. The van der Waals surface area contributed by atoms with E-state index in [0.29, 0.717) is 5.56 Å². The highest BCUT2D eigenvalue weighted by Crippen LogP contribution is 2.33. The molecule has 0 aliphatic carbocycles. The predicted octanol–water partition coefficient (Wildman–Crippen LogP) is 2.13. The number of hydrogen-bond donors (Lipinski definition) is 0. The fraction of sp³-hybridized carbons (Fsp3) is 0.125. The van der Waals surface area contributed by atoms with Gasteiger partial charge in [0.05, 0.1) is 0 Å². The molecule has 1 radical (unpaired) electrons. The molecule has 12 heavy (non-hydrogen) atoms. The fourth-order valence-electron chi connectivity index (χ4n) is 0.779. The van der Waals surface area contributed by atoms with Crippen LogP contribution in [-0.4, -0.2) is 5.91 Å². The Bertz CT molecular complexity index is 284. The van der Waals surface area contributed by atoms with Crippen molar-refractivity contribution in [3.05, 3.63) is 35.9 Å². The van der Waals surface area contributed by atoms with Crippen molar-refractivity contribution in [2.24, 2.45) is 0 Å². The van der Waals surface area contributed by atoms with Gasteiger partial charge in [0, 0.05) is 0 Å². The Morgan fingerprint density at radius 1 is 1.25 bits per heavy atom. The van der Waals surface area contributed by atoms with E-state index < -0.39 is 10.2 Å². The van der Waals surface area contributed by atoms with Crippen LogP contribution >= 0.6 is 23.2 Å². The number of hydrogen-bond acceptors (Lipinski definition) is 1. The van der Waals surface area contributed by atoms with Crippen LogP contribution in [0.5, 0.6) is 0 Å². The highest BCUT2D eigenvalue weighted by Gasteiger charge is 2.33. The quantitative estimate of drug-likeness (QED) is 0.678. The third-order valence-corrected chi connectivity index (χ3v) is 2.20. The summed E-state index contributed by atoms with van der Waals surface area (Å²) in [6, 6.07) is 8.40. The molecule has 0 fully saturated rings. The largest absolute Gasteiger partial charge is 0.279 e. The smallest absolute Gasteiger partial charge is 0.269 e. The van der Waals surface area contributed by atoms with E-state index in [0.717, 1.165) is 0 Å². The minimum absolute atomic E-state index is 0.424. The number of benzene rings is 1. The van der Waals surface area contributed by atoms with Crippen molar-refractivity contribution in [2.75, 3.05) is 0 Å². The molecule has 0 spiro atoms. The van der Waals surface area contributed by atoms with E-state index in [-0.39, 0.29) is 0 Å². The lowest BCUT2D eigenvalue weighted by Gasteiger charge is -2.14. The lowest BCUT2D eigenvalue weighted by molar-refractivity contribution is -0.119. The molecule has 1 aromatic carbocycles. The Balaban J connectivity index is 3.06. The summed E-state index contributed by atoms with van der Waals surface area (Å²) in [7, 11) is 0. The molecule has 0 atom stereocenters. The first-order valence-corrected chi connectivity index (χ1v) is 4.00. The summed E-state index contributed by atoms with van der Waals surface area (Å²) in [6.45, 7) is 0. The third-order valence-electron chi connectivity index (χ3n) is 1.42. The summed E-state index contributed by atoms with van der Waals surface area (Å²) >= 11 is 11.2. The number of alkyl halides is 2. The minimum Gasteiger partial charge on any atom is -0.269 e. The van der Waals surface area contributed by atoms with Gasteiger partial charge in [0.1, 0.15) is 0 Å². The second-order valence-electron chi connectivity index (χ2n) is 2.27. The molecule has 0 saturated carbocycles. The van der Waals surface area contributed by atoms with Gasteiger partial charge in [-0.1, -0.05) is 53.5 Å². The van der Waals surface area contributed by atoms with Crippen LogP contribution < -0.4 is 5.73 Å². The lowest BCUT2D eigenvalue weighted by Crippen LogP contribution is -2.23. The number of nitrogens with one attached hydrogen (secondary N) is 1. The van der Waals surface area contributed by atoms with Crippen molar-refractivity contribution in [1.82, 2.24) is 5.73 Å². The third kappa shape index (κ3) is 1.71.